The molecule has 0 spiro atoms. The molecule has 0 amide bonds. The molecule has 0 saturated heterocycles. The van der Waals surface area contributed by atoms with E-state index in [-0.39, 0.29) is 5.97 Å². The number of carbonyl (C=O) groups is 1. The minimum atomic E-state index is -0.247. The Morgan fingerprint density at radius 1 is 1.04 bits per heavy atom. The van der Waals surface area contributed by atoms with Crippen molar-refractivity contribution in [1.82, 2.24) is 4.98 Å². The van der Waals surface area contributed by atoms with Gasteiger partial charge in [0, 0.05) is 28.7 Å². The van der Waals surface area contributed by atoms with E-state index in [1.165, 1.54) is 10.5 Å². The van der Waals surface area contributed by atoms with Crippen LogP contribution in [-0.2, 0) is 10.5 Å². The summed E-state index contributed by atoms with van der Waals surface area (Å²) in [4.78, 5) is 17.2. The Balaban J connectivity index is 0.00000109. The van der Waals surface area contributed by atoms with E-state index in [4.69, 9.17) is 4.74 Å². The normalized spacial score (nSPS) is 10.0. The first kappa shape index (κ1) is 19.0. The summed E-state index contributed by atoms with van der Waals surface area (Å²) in [6, 6.07) is 18.1. The first-order valence-corrected chi connectivity index (χ1v) is 9.51. The number of esters is 1. The molecule has 0 fully saturated rings. The highest BCUT2D eigenvalue weighted by Gasteiger charge is 2.11. The smallest absolute Gasteiger partial charge is 0.310 e. The number of carbonyl (C=O) groups excluding carboxylic acids is 1. The zero-order valence-electron chi connectivity index (χ0n) is 14.9. The second-order valence-corrected chi connectivity index (χ2v) is 6.10. The zero-order valence-corrected chi connectivity index (χ0v) is 15.7. The maximum atomic E-state index is 11.6. The Morgan fingerprint density at radius 2 is 1.80 bits per heavy atom. The molecule has 3 rings (SSSR count). The fourth-order valence-corrected chi connectivity index (χ4v) is 3.21. The Labute approximate surface area is 153 Å². The van der Waals surface area contributed by atoms with Crippen LogP contribution in [0.15, 0.2) is 65.7 Å². The Kier molecular flexibility index (Phi) is 7.48. The number of benzene rings is 2. The van der Waals surface area contributed by atoms with Crippen LogP contribution in [0.4, 0.5) is 0 Å². The van der Waals surface area contributed by atoms with E-state index in [1.54, 1.807) is 24.9 Å². The summed E-state index contributed by atoms with van der Waals surface area (Å²) in [6.45, 7) is 5.78. The maximum Gasteiger partial charge on any atom is 0.310 e. The van der Waals surface area contributed by atoms with Crippen LogP contribution in [0.1, 0.15) is 32.8 Å². The number of rotatable bonds is 5. The fourth-order valence-electron chi connectivity index (χ4n) is 2.29. The van der Waals surface area contributed by atoms with Crippen LogP contribution in [0.2, 0.25) is 0 Å². The molecule has 0 bridgehead atoms. The van der Waals surface area contributed by atoms with Crippen LogP contribution in [0, 0.1) is 0 Å². The van der Waals surface area contributed by atoms with Gasteiger partial charge in [0.05, 0.1) is 0 Å². The summed E-state index contributed by atoms with van der Waals surface area (Å²) < 4.78 is 5.39. The molecule has 0 radical (unpaired) electrons. The average Bonchev–Trinajstić information content (AvgIpc) is 2.69. The average molecular weight is 353 g/mol. The van der Waals surface area contributed by atoms with Gasteiger partial charge in [-0.25, -0.2) is 0 Å². The molecule has 0 aliphatic heterocycles. The van der Waals surface area contributed by atoms with E-state index in [0.717, 1.165) is 16.7 Å². The number of pyridine rings is 1. The van der Waals surface area contributed by atoms with E-state index < -0.39 is 0 Å². The van der Waals surface area contributed by atoms with Crippen molar-refractivity contribution in [2.75, 3.05) is 0 Å². The molecule has 2 aromatic carbocycles. The van der Waals surface area contributed by atoms with E-state index in [9.17, 15) is 4.79 Å². The van der Waals surface area contributed by atoms with Crippen molar-refractivity contribution in [1.29, 1.82) is 0 Å². The molecule has 1 aromatic heterocycles. The lowest BCUT2D eigenvalue weighted by atomic mass is 10.1. The van der Waals surface area contributed by atoms with Crippen molar-refractivity contribution in [3.63, 3.8) is 0 Å². The standard InChI is InChI=1S/C19H17NO2S.C2H6/c1-2-18(21)22-17-11-10-14(16-9-6-12-20-19(16)17)13-23-15-7-4-3-5-8-15;1-2/h3-12H,2,13H2,1H3;1-2H3. The predicted molar refractivity (Wildman–Crippen MR) is 105 cm³/mol. The van der Waals surface area contributed by atoms with Crippen molar-refractivity contribution >= 4 is 28.6 Å². The molecule has 0 saturated carbocycles. The summed E-state index contributed by atoms with van der Waals surface area (Å²) in [5, 5.41) is 1.03. The molecular formula is C21H23NO2S. The van der Waals surface area contributed by atoms with E-state index in [1.807, 2.05) is 56.3 Å². The maximum absolute atomic E-state index is 11.6. The van der Waals surface area contributed by atoms with Crippen LogP contribution in [-0.4, -0.2) is 11.0 Å². The predicted octanol–water partition coefficient (Wildman–Crippen LogP) is 5.87. The Bertz CT molecular complexity index is 818. The van der Waals surface area contributed by atoms with E-state index in [2.05, 4.69) is 17.1 Å². The summed E-state index contributed by atoms with van der Waals surface area (Å²) in [7, 11) is 0. The minimum Gasteiger partial charge on any atom is -0.424 e. The lowest BCUT2D eigenvalue weighted by Gasteiger charge is -2.10. The monoisotopic (exact) mass is 353 g/mol. The van der Waals surface area contributed by atoms with Gasteiger partial charge in [-0.3, -0.25) is 9.78 Å². The van der Waals surface area contributed by atoms with Gasteiger partial charge < -0.3 is 4.74 Å². The highest BCUT2D eigenvalue weighted by molar-refractivity contribution is 7.98. The number of hydrogen-bond acceptors (Lipinski definition) is 4. The van der Waals surface area contributed by atoms with Crippen LogP contribution in [0.25, 0.3) is 10.9 Å². The summed E-state index contributed by atoms with van der Waals surface area (Å²) in [6.07, 6.45) is 2.07. The van der Waals surface area contributed by atoms with Gasteiger partial charge in [-0.1, -0.05) is 51.1 Å². The van der Waals surface area contributed by atoms with Crippen molar-refractivity contribution in [2.24, 2.45) is 0 Å². The molecule has 25 heavy (non-hydrogen) atoms. The third-order valence-electron chi connectivity index (χ3n) is 3.47. The number of ether oxygens (including phenoxy) is 1. The van der Waals surface area contributed by atoms with Gasteiger partial charge in [-0.05, 0) is 29.8 Å². The lowest BCUT2D eigenvalue weighted by Crippen LogP contribution is -2.06. The van der Waals surface area contributed by atoms with Gasteiger partial charge in [0.25, 0.3) is 0 Å². The van der Waals surface area contributed by atoms with E-state index >= 15 is 0 Å². The molecule has 3 nitrogen and oxygen atoms in total. The molecule has 0 atom stereocenters. The Hall–Kier alpha value is -2.33. The SMILES string of the molecule is CC.CCC(=O)Oc1ccc(CSc2ccccc2)c2cccnc12. The first-order valence-electron chi connectivity index (χ1n) is 8.53. The molecule has 0 unspecified atom stereocenters. The third-order valence-corrected chi connectivity index (χ3v) is 4.53. The van der Waals surface area contributed by atoms with Gasteiger partial charge in [-0.15, -0.1) is 11.8 Å². The lowest BCUT2D eigenvalue weighted by molar-refractivity contribution is -0.133. The van der Waals surface area contributed by atoms with Crippen molar-refractivity contribution in [3.8, 4) is 5.75 Å². The molecule has 3 aromatic rings. The fraction of sp³-hybridized carbons (Fsp3) is 0.238. The Morgan fingerprint density at radius 3 is 2.52 bits per heavy atom. The highest BCUT2D eigenvalue weighted by Crippen LogP contribution is 2.31. The van der Waals surface area contributed by atoms with Gasteiger partial charge in [-0.2, -0.15) is 0 Å². The molecule has 0 N–H and O–H groups in total. The van der Waals surface area contributed by atoms with Crippen LogP contribution >= 0.6 is 11.8 Å². The van der Waals surface area contributed by atoms with Gasteiger partial charge >= 0.3 is 5.97 Å². The second kappa shape index (κ2) is 9.84. The highest BCUT2D eigenvalue weighted by atomic mass is 32.2. The summed E-state index contributed by atoms with van der Waals surface area (Å²) >= 11 is 1.78. The number of nitrogens with zero attached hydrogens (tertiary/aromatic N) is 1. The third kappa shape index (κ3) is 5.07. The van der Waals surface area contributed by atoms with Crippen LogP contribution < -0.4 is 4.74 Å². The summed E-state index contributed by atoms with van der Waals surface area (Å²) in [5.41, 5.74) is 1.92. The zero-order chi connectivity index (χ0) is 18.1. The second-order valence-electron chi connectivity index (χ2n) is 5.05. The number of fused-ring (bicyclic) bond motifs is 1. The molecule has 0 aliphatic carbocycles. The van der Waals surface area contributed by atoms with Gasteiger partial charge in [0.2, 0.25) is 0 Å². The van der Waals surface area contributed by atoms with Gasteiger partial charge in [0.15, 0.2) is 5.75 Å². The molecule has 130 valence electrons. The first-order chi connectivity index (χ1) is 12.3. The van der Waals surface area contributed by atoms with Crippen molar-refractivity contribution < 1.29 is 9.53 Å². The van der Waals surface area contributed by atoms with E-state index in [0.29, 0.717) is 12.2 Å². The quantitative estimate of drug-likeness (QED) is 0.327. The van der Waals surface area contributed by atoms with Gasteiger partial charge in [0.1, 0.15) is 5.52 Å². The molecule has 0 aliphatic rings. The van der Waals surface area contributed by atoms with Crippen LogP contribution in [0.3, 0.4) is 0 Å². The molecule has 4 heteroatoms. The number of aromatic nitrogens is 1. The molecular weight excluding hydrogens is 330 g/mol. The molecule has 1 heterocycles. The number of thioether (sulfide) groups is 1. The largest absolute Gasteiger partial charge is 0.424 e. The van der Waals surface area contributed by atoms with Crippen LogP contribution in [0.5, 0.6) is 5.75 Å². The minimum absolute atomic E-state index is 0.247. The van der Waals surface area contributed by atoms with Crippen molar-refractivity contribution in [2.45, 2.75) is 37.8 Å². The number of hydrogen-bond donors (Lipinski definition) is 0. The topological polar surface area (TPSA) is 39.2 Å². The van der Waals surface area contributed by atoms with Crippen molar-refractivity contribution in [3.05, 3.63) is 66.4 Å². The summed E-state index contributed by atoms with van der Waals surface area (Å²) in [5.74, 6) is 1.12.